The number of nitro benzene ring substituents is 1. The van der Waals surface area contributed by atoms with Gasteiger partial charge in [-0.1, -0.05) is 12.1 Å². The zero-order chi connectivity index (χ0) is 14.6. The van der Waals surface area contributed by atoms with E-state index in [-0.39, 0.29) is 22.8 Å². The lowest BCUT2D eigenvalue weighted by Crippen LogP contribution is -1.96. The molecule has 0 radical (unpaired) electrons. The van der Waals surface area contributed by atoms with Gasteiger partial charge in [-0.3, -0.25) is 14.9 Å². The predicted octanol–water partition coefficient (Wildman–Crippen LogP) is 3.37. The van der Waals surface area contributed by atoms with Gasteiger partial charge in [0, 0.05) is 13.0 Å². The Hall–Kier alpha value is -2.57. The van der Waals surface area contributed by atoms with Gasteiger partial charge in [-0.25, -0.2) is 0 Å². The molecule has 0 bridgehead atoms. The van der Waals surface area contributed by atoms with Gasteiger partial charge in [0.25, 0.3) is 5.69 Å². The molecule has 0 saturated carbocycles. The average molecular weight is 263 g/mol. The van der Waals surface area contributed by atoms with E-state index in [4.69, 9.17) is 0 Å². The summed E-state index contributed by atoms with van der Waals surface area (Å²) in [5.41, 5.74) is 0.184. The predicted molar refractivity (Wildman–Crippen MR) is 68.4 cm³/mol. The SMILES string of the molecule is CC(=O)/C(N=Nc1c(C)cccc1[N+](=O)[O-])=C(/C)O. The highest BCUT2D eigenvalue weighted by Crippen LogP contribution is 2.31. The van der Waals surface area contributed by atoms with E-state index in [0.29, 0.717) is 5.56 Å². The van der Waals surface area contributed by atoms with Crippen molar-refractivity contribution in [3.8, 4) is 0 Å². The van der Waals surface area contributed by atoms with Gasteiger partial charge in [0.1, 0.15) is 5.76 Å². The third-order valence-electron chi connectivity index (χ3n) is 2.34. The number of ketones is 1. The van der Waals surface area contributed by atoms with Crippen molar-refractivity contribution < 1.29 is 14.8 Å². The lowest BCUT2D eigenvalue weighted by Gasteiger charge is -2.01. The fourth-order valence-corrected chi connectivity index (χ4v) is 1.42. The second-order valence-corrected chi connectivity index (χ2v) is 3.89. The van der Waals surface area contributed by atoms with E-state index in [2.05, 4.69) is 10.2 Å². The smallest absolute Gasteiger partial charge is 0.296 e. The van der Waals surface area contributed by atoms with E-state index in [1.165, 1.54) is 26.0 Å². The average Bonchev–Trinajstić information content (AvgIpc) is 2.29. The summed E-state index contributed by atoms with van der Waals surface area (Å²) in [4.78, 5) is 21.5. The van der Waals surface area contributed by atoms with Crippen molar-refractivity contribution >= 4 is 17.2 Å². The van der Waals surface area contributed by atoms with Crippen LogP contribution in [0, 0.1) is 17.0 Å². The van der Waals surface area contributed by atoms with Gasteiger partial charge in [-0.15, -0.1) is 10.2 Å². The van der Waals surface area contributed by atoms with Gasteiger partial charge >= 0.3 is 0 Å². The van der Waals surface area contributed by atoms with Crippen LogP contribution >= 0.6 is 0 Å². The molecule has 1 aromatic carbocycles. The van der Waals surface area contributed by atoms with Crippen molar-refractivity contribution in [1.29, 1.82) is 0 Å². The van der Waals surface area contributed by atoms with Gasteiger partial charge in [0.2, 0.25) is 0 Å². The number of allylic oxidation sites excluding steroid dienone is 2. The van der Waals surface area contributed by atoms with E-state index in [0.717, 1.165) is 0 Å². The van der Waals surface area contributed by atoms with Crippen LogP contribution in [0.5, 0.6) is 0 Å². The fourth-order valence-electron chi connectivity index (χ4n) is 1.42. The molecule has 0 atom stereocenters. The highest BCUT2D eigenvalue weighted by molar-refractivity contribution is 5.93. The summed E-state index contributed by atoms with van der Waals surface area (Å²) in [5, 5.41) is 27.5. The van der Waals surface area contributed by atoms with E-state index in [9.17, 15) is 20.0 Å². The van der Waals surface area contributed by atoms with Crippen molar-refractivity contribution in [3.05, 3.63) is 45.3 Å². The molecule has 0 aliphatic heterocycles. The number of nitro groups is 1. The lowest BCUT2D eigenvalue weighted by atomic mass is 10.2. The Balaban J connectivity index is 3.30. The minimum atomic E-state index is -0.579. The van der Waals surface area contributed by atoms with Crippen molar-refractivity contribution in [2.24, 2.45) is 10.2 Å². The Kier molecular flexibility index (Phi) is 4.46. The molecule has 1 rings (SSSR count). The Morgan fingerprint density at radius 3 is 2.47 bits per heavy atom. The van der Waals surface area contributed by atoms with Gasteiger partial charge in [0.05, 0.1) is 4.92 Å². The third-order valence-corrected chi connectivity index (χ3v) is 2.34. The lowest BCUT2D eigenvalue weighted by molar-refractivity contribution is -0.384. The number of aryl methyl sites for hydroxylation is 1. The number of hydrogen-bond acceptors (Lipinski definition) is 6. The second-order valence-electron chi connectivity index (χ2n) is 3.89. The third kappa shape index (κ3) is 3.44. The Labute approximate surface area is 109 Å². The largest absolute Gasteiger partial charge is 0.510 e. The van der Waals surface area contributed by atoms with Crippen LogP contribution in [0.3, 0.4) is 0 Å². The second kappa shape index (κ2) is 5.85. The monoisotopic (exact) mass is 263 g/mol. The summed E-state index contributed by atoms with van der Waals surface area (Å²) < 4.78 is 0. The van der Waals surface area contributed by atoms with E-state index in [1.54, 1.807) is 13.0 Å². The number of benzene rings is 1. The molecule has 7 heteroatoms. The molecule has 0 amide bonds. The highest BCUT2D eigenvalue weighted by atomic mass is 16.6. The number of carbonyl (C=O) groups excluding carboxylic acids is 1. The molecule has 0 aliphatic rings. The molecule has 1 N–H and O–H groups in total. The van der Waals surface area contributed by atoms with E-state index in [1.807, 2.05) is 0 Å². The molecule has 1 aromatic rings. The van der Waals surface area contributed by atoms with Gasteiger partial charge < -0.3 is 5.11 Å². The van der Waals surface area contributed by atoms with Crippen LogP contribution in [0.1, 0.15) is 19.4 Å². The normalized spacial score (nSPS) is 12.4. The van der Waals surface area contributed by atoms with E-state index < -0.39 is 10.7 Å². The van der Waals surface area contributed by atoms with Gasteiger partial charge in [-0.2, -0.15) is 0 Å². The van der Waals surface area contributed by atoms with Crippen LogP contribution in [0.4, 0.5) is 11.4 Å². The standard InChI is InChI=1S/C12H13N3O4/c1-7-5-4-6-10(15(18)19)11(7)13-14-12(8(2)16)9(3)17/h4-6,16H,1-3H3/b12-8+,14-13?. The molecule has 0 spiro atoms. The molecular weight excluding hydrogens is 250 g/mol. The zero-order valence-corrected chi connectivity index (χ0v) is 10.7. The summed E-state index contributed by atoms with van der Waals surface area (Å²) in [6.45, 7) is 4.16. The quantitative estimate of drug-likeness (QED) is 0.295. The Morgan fingerprint density at radius 1 is 1.37 bits per heavy atom. The highest BCUT2D eigenvalue weighted by Gasteiger charge is 2.16. The summed E-state index contributed by atoms with van der Waals surface area (Å²) in [5.74, 6) is -0.757. The fraction of sp³-hybridized carbons (Fsp3) is 0.250. The molecule has 19 heavy (non-hydrogen) atoms. The first-order valence-corrected chi connectivity index (χ1v) is 5.41. The number of azo groups is 1. The van der Waals surface area contributed by atoms with Crippen LogP contribution in [0.25, 0.3) is 0 Å². The first-order chi connectivity index (χ1) is 8.84. The van der Waals surface area contributed by atoms with Crippen molar-refractivity contribution in [2.75, 3.05) is 0 Å². The van der Waals surface area contributed by atoms with Crippen molar-refractivity contribution in [2.45, 2.75) is 20.8 Å². The molecular formula is C12H13N3O4. The summed E-state index contributed by atoms with van der Waals surface area (Å²) in [7, 11) is 0. The van der Waals surface area contributed by atoms with Crippen molar-refractivity contribution in [3.63, 3.8) is 0 Å². The first kappa shape index (κ1) is 14.5. The molecule has 0 heterocycles. The Morgan fingerprint density at radius 2 is 2.00 bits per heavy atom. The molecule has 0 saturated heterocycles. The van der Waals surface area contributed by atoms with Crippen LogP contribution in [-0.4, -0.2) is 15.8 Å². The number of Topliss-reactive ketones (excluding diaryl/α,β-unsaturated/α-hetero) is 1. The number of aliphatic hydroxyl groups excluding tert-OH is 1. The molecule has 7 nitrogen and oxygen atoms in total. The van der Waals surface area contributed by atoms with Crippen LogP contribution in [0.15, 0.2) is 39.9 Å². The Bertz CT molecular complexity index is 587. The molecule has 100 valence electrons. The number of nitrogens with zero attached hydrogens (tertiary/aromatic N) is 3. The van der Waals surface area contributed by atoms with Crippen molar-refractivity contribution in [1.82, 2.24) is 0 Å². The van der Waals surface area contributed by atoms with Crippen LogP contribution in [0.2, 0.25) is 0 Å². The maximum Gasteiger partial charge on any atom is 0.296 e. The number of rotatable bonds is 4. The molecule has 0 fully saturated rings. The minimum Gasteiger partial charge on any atom is -0.510 e. The zero-order valence-electron chi connectivity index (χ0n) is 10.7. The topological polar surface area (TPSA) is 105 Å². The molecule has 0 aliphatic carbocycles. The van der Waals surface area contributed by atoms with Gasteiger partial charge in [-0.05, 0) is 19.4 Å². The number of carbonyl (C=O) groups is 1. The molecule has 0 unspecified atom stereocenters. The maximum absolute atomic E-state index is 11.2. The van der Waals surface area contributed by atoms with E-state index >= 15 is 0 Å². The summed E-state index contributed by atoms with van der Waals surface area (Å²) >= 11 is 0. The minimum absolute atomic E-state index is 0.0625. The number of aliphatic hydroxyl groups is 1. The summed E-state index contributed by atoms with van der Waals surface area (Å²) in [6, 6.07) is 4.47. The van der Waals surface area contributed by atoms with Gasteiger partial charge in [0.15, 0.2) is 17.2 Å². The molecule has 0 aromatic heterocycles. The number of hydrogen-bond donors (Lipinski definition) is 1. The van der Waals surface area contributed by atoms with Crippen LogP contribution in [-0.2, 0) is 4.79 Å². The van der Waals surface area contributed by atoms with Crippen LogP contribution < -0.4 is 0 Å². The maximum atomic E-state index is 11.2. The first-order valence-electron chi connectivity index (χ1n) is 5.41. The summed E-state index contributed by atoms with van der Waals surface area (Å²) in [6.07, 6.45) is 0.